The van der Waals surface area contributed by atoms with Gasteiger partial charge in [0.15, 0.2) is 0 Å². The molecule has 1 heterocycles. The highest BCUT2D eigenvalue weighted by atomic mass is 32.2. The van der Waals surface area contributed by atoms with Crippen LogP contribution >= 0.6 is 11.8 Å². The largest absolute Gasteiger partial charge is 0.393 e. The lowest BCUT2D eigenvalue weighted by Crippen LogP contribution is -2.29. The van der Waals surface area contributed by atoms with Gasteiger partial charge in [-0.15, -0.1) is 0 Å². The third-order valence-electron chi connectivity index (χ3n) is 6.91. The van der Waals surface area contributed by atoms with Gasteiger partial charge in [0, 0.05) is 40.0 Å². The summed E-state index contributed by atoms with van der Waals surface area (Å²) in [6.07, 6.45) is 4.54. The average molecular weight is 524 g/mol. The Bertz CT molecular complexity index is 1510. The summed E-state index contributed by atoms with van der Waals surface area (Å²) in [5.41, 5.74) is 9.81. The molecule has 1 aromatic heterocycles. The van der Waals surface area contributed by atoms with Crippen LogP contribution in [0.25, 0.3) is 22.0 Å². The second-order valence-corrected chi connectivity index (χ2v) is 10.5. The van der Waals surface area contributed by atoms with Crippen LogP contribution in [-0.4, -0.2) is 38.2 Å². The average Bonchev–Trinajstić information content (AvgIpc) is 2.94. The van der Waals surface area contributed by atoms with Crippen LogP contribution in [0.2, 0.25) is 0 Å². The van der Waals surface area contributed by atoms with Gasteiger partial charge in [0.25, 0.3) is 5.91 Å². The van der Waals surface area contributed by atoms with Crippen molar-refractivity contribution in [1.29, 1.82) is 10.8 Å². The maximum atomic E-state index is 12.2. The summed E-state index contributed by atoms with van der Waals surface area (Å²) < 4.78 is 0. The molecule has 4 aromatic rings. The van der Waals surface area contributed by atoms with Crippen LogP contribution < -0.4 is 11.1 Å². The SMILES string of the molecule is N=C(SC(=N)c1cccc2c(-c3ccc(C(N)=O)c(NC4CCC(O)CC4)c3)nccc12)c1ccccc1. The fourth-order valence-corrected chi connectivity index (χ4v) is 5.65. The number of pyridine rings is 1. The number of hydrogen-bond acceptors (Lipinski definition) is 7. The Balaban J connectivity index is 1.48. The van der Waals surface area contributed by atoms with Crippen LogP contribution in [-0.2, 0) is 0 Å². The maximum absolute atomic E-state index is 12.2. The molecule has 3 aromatic carbocycles. The quantitative estimate of drug-likeness (QED) is 0.161. The minimum atomic E-state index is -0.505. The Morgan fingerprint density at radius 3 is 2.39 bits per heavy atom. The van der Waals surface area contributed by atoms with Crippen molar-refractivity contribution in [2.24, 2.45) is 5.73 Å². The molecule has 5 rings (SSSR count). The van der Waals surface area contributed by atoms with Crippen LogP contribution in [0, 0.1) is 10.8 Å². The normalized spacial score (nSPS) is 17.2. The minimum absolute atomic E-state index is 0.149. The van der Waals surface area contributed by atoms with E-state index in [-0.39, 0.29) is 17.2 Å². The molecule has 1 amide bonds. The number of rotatable bonds is 6. The monoisotopic (exact) mass is 523 g/mol. The zero-order chi connectivity index (χ0) is 26.6. The topological polar surface area (TPSA) is 136 Å². The Kier molecular flexibility index (Phi) is 7.53. The van der Waals surface area contributed by atoms with Gasteiger partial charge in [-0.3, -0.25) is 20.6 Å². The summed E-state index contributed by atoms with van der Waals surface area (Å²) in [6.45, 7) is 0. The molecule has 1 aliphatic rings. The molecule has 8 heteroatoms. The number of nitrogens with zero attached hydrogens (tertiary/aromatic N) is 1. The number of thioether (sulfide) groups is 1. The van der Waals surface area contributed by atoms with Crippen molar-refractivity contribution < 1.29 is 9.90 Å². The lowest BCUT2D eigenvalue weighted by Gasteiger charge is -2.28. The molecule has 0 radical (unpaired) electrons. The summed E-state index contributed by atoms with van der Waals surface area (Å²) in [5.74, 6) is -0.505. The van der Waals surface area contributed by atoms with Crippen LogP contribution in [0.15, 0.2) is 79.0 Å². The van der Waals surface area contributed by atoms with E-state index in [9.17, 15) is 9.90 Å². The van der Waals surface area contributed by atoms with Crippen LogP contribution in [0.4, 0.5) is 5.69 Å². The number of carbonyl (C=O) groups excluding carboxylic acids is 1. The van der Waals surface area contributed by atoms with E-state index in [4.69, 9.17) is 16.6 Å². The molecular formula is C30H29N5O2S. The van der Waals surface area contributed by atoms with Gasteiger partial charge < -0.3 is 16.2 Å². The van der Waals surface area contributed by atoms with E-state index < -0.39 is 5.91 Å². The lowest BCUT2D eigenvalue weighted by molar-refractivity contribution is 0.100. The smallest absolute Gasteiger partial charge is 0.250 e. The molecule has 0 spiro atoms. The van der Waals surface area contributed by atoms with Crippen molar-refractivity contribution >= 4 is 44.2 Å². The van der Waals surface area contributed by atoms with E-state index in [0.29, 0.717) is 16.3 Å². The fourth-order valence-electron chi connectivity index (χ4n) is 4.91. The number of aliphatic hydroxyl groups excluding tert-OH is 1. The Hall–Kier alpha value is -4.01. The molecule has 7 nitrogen and oxygen atoms in total. The number of aliphatic hydroxyl groups is 1. The summed E-state index contributed by atoms with van der Waals surface area (Å²) in [4.78, 5) is 16.8. The lowest BCUT2D eigenvalue weighted by atomic mass is 9.92. The van der Waals surface area contributed by atoms with Gasteiger partial charge in [-0.25, -0.2) is 0 Å². The standard InChI is InChI=1S/C30H29N5O2S/c31-28(37)25-14-9-19(17-26(25)35-20-10-12-21(36)13-11-20)27-23-7-4-8-24(22(23)15-16-34-27)30(33)38-29(32)18-5-2-1-3-6-18/h1-9,14-17,20-21,32-33,35-36H,10-13H2,(H2,31,37). The predicted molar refractivity (Wildman–Crippen MR) is 155 cm³/mol. The van der Waals surface area contributed by atoms with Crippen molar-refractivity contribution in [1.82, 2.24) is 4.98 Å². The molecule has 1 fully saturated rings. The van der Waals surface area contributed by atoms with Crippen molar-refractivity contribution in [2.75, 3.05) is 5.32 Å². The summed E-state index contributed by atoms with van der Waals surface area (Å²) in [6, 6.07) is 22.7. The van der Waals surface area contributed by atoms with Gasteiger partial charge in [0.1, 0.15) is 10.1 Å². The van der Waals surface area contributed by atoms with Gasteiger partial charge in [-0.1, -0.05) is 66.4 Å². The van der Waals surface area contributed by atoms with E-state index in [1.165, 1.54) is 0 Å². The highest BCUT2D eigenvalue weighted by Crippen LogP contribution is 2.33. The van der Waals surface area contributed by atoms with Gasteiger partial charge in [0.2, 0.25) is 0 Å². The number of anilines is 1. The number of carbonyl (C=O) groups is 1. The second kappa shape index (κ2) is 11.2. The fraction of sp³-hybridized carbons (Fsp3) is 0.200. The summed E-state index contributed by atoms with van der Waals surface area (Å²) in [5, 5.41) is 32.9. The van der Waals surface area contributed by atoms with Crippen molar-refractivity contribution in [3.8, 4) is 11.3 Å². The molecule has 0 saturated heterocycles. The van der Waals surface area contributed by atoms with Gasteiger partial charge >= 0.3 is 0 Å². The molecule has 1 aliphatic carbocycles. The van der Waals surface area contributed by atoms with Crippen LogP contribution in [0.5, 0.6) is 0 Å². The summed E-state index contributed by atoms with van der Waals surface area (Å²) >= 11 is 1.12. The minimum Gasteiger partial charge on any atom is -0.393 e. The first-order valence-electron chi connectivity index (χ1n) is 12.6. The highest BCUT2D eigenvalue weighted by molar-refractivity contribution is 8.27. The van der Waals surface area contributed by atoms with Crippen LogP contribution in [0.1, 0.15) is 47.2 Å². The van der Waals surface area contributed by atoms with E-state index in [1.807, 2.05) is 66.7 Å². The predicted octanol–water partition coefficient (Wildman–Crippen LogP) is 5.80. The molecule has 1 saturated carbocycles. The van der Waals surface area contributed by atoms with Gasteiger partial charge in [0.05, 0.1) is 17.4 Å². The first kappa shape index (κ1) is 25.6. The molecule has 0 aliphatic heterocycles. The van der Waals surface area contributed by atoms with E-state index >= 15 is 0 Å². The number of nitrogens with two attached hydrogens (primary N) is 1. The molecule has 38 heavy (non-hydrogen) atoms. The molecule has 6 N–H and O–H groups in total. The molecular weight excluding hydrogens is 494 g/mol. The van der Waals surface area contributed by atoms with Gasteiger partial charge in [-0.05, 0) is 49.3 Å². The van der Waals surface area contributed by atoms with Gasteiger partial charge in [-0.2, -0.15) is 0 Å². The van der Waals surface area contributed by atoms with E-state index in [0.717, 1.165) is 70.6 Å². The molecule has 0 unspecified atom stereocenters. The third-order valence-corrected chi connectivity index (χ3v) is 7.77. The zero-order valence-electron chi connectivity index (χ0n) is 20.8. The number of nitrogens with one attached hydrogen (secondary N) is 3. The number of fused-ring (bicyclic) bond motifs is 1. The highest BCUT2D eigenvalue weighted by Gasteiger charge is 2.22. The molecule has 0 bridgehead atoms. The number of primary amides is 1. The van der Waals surface area contributed by atoms with Crippen molar-refractivity contribution in [2.45, 2.75) is 37.8 Å². The first-order chi connectivity index (χ1) is 18.4. The van der Waals surface area contributed by atoms with Crippen molar-refractivity contribution in [3.05, 3.63) is 95.7 Å². The molecule has 192 valence electrons. The van der Waals surface area contributed by atoms with E-state index in [2.05, 4.69) is 10.3 Å². The Morgan fingerprint density at radius 2 is 1.66 bits per heavy atom. The van der Waals surface area contributed by atoms with Crippen molar-refractivity contribution in [3.63, 3.8) is 0 Å². The maximum Gasteiger partial charge on any atom is 0.250 e. The number of aromatic nitrogens is 1. The number of amides is 1. The Labute approximate surface area is 225 Å². The second-order valence-electron chi connectivity index (χ2n) is 9.46. The summed E-state index contributed by atoms with van der Waals surface area (Å²) in [7, 11) is 0. The van der Waals surface area contributed by atoms with E-state index in [1.54, 1.807) is 12.3 Å². The number of hydrogen-bond donors (Lipinski definition) is 5. The molecule has 0 atom stereocenters. The first-order valence-corrected chi connectivity index (χ1v) is 13.4. The zero-order valence-corrected chi connectivity index (χ0v) is 21.6. The van der Waals surface area contributed by atoms with Crippen LogP contribution in [0.3, 0.4) is 0 Å². The Morgan fingerprint density at radius 1 is 0.895 bits per heavy atom. The number of benzene rings is 3. The third kappa shape index (κ3) is 5.46.